The van der Waals surface area contributed by atoms with Gasteiger partial charge in [-0.15, -0.1) is 0 Å². The van der Waals surface area contributed by atoms with Crippen molar-refractivity contribution in [2.45, 2.75) is 38.7 Å². The number of carboxylic acids is 1. The van der Waals surface area contributed by atoms with E-state index in [9.17, 15) is 14.7 Å². The van der Waals surface area contributed by atoms with Crippen molar-refractivity contribution in [1.82, 2.24) is 0 Å². The third-order valence-corrected chi connectivity index (χ3v) is 5.07. The maximum absolute atomic E-state index is 12.9. The lowest BCUT2D eigenvalue weighted by Crippen LogP contribution is -2.13. The number of unbranched alkanes of at least 4 members (excludes halogenated alkanes) is 2. The molecule has 0 aliphatic carbocycles. The van der Waals surface area contributed by atoms with Crippen molar-refractivity contribution in [3.63, 3.8) is 0 Å². The first-order valence-electron chi connectivity index (χ1n) is 10.4. The van der Waals surface area contributed by atoms with Gasteiger partial charge >= 0.3 is 5.97 Å². The lowest BCUT2D eigenvalue weighted by Gasteiger charge is -2.13. The largest absolute Gasteiger partial charge is 0.482 e. The molecule has 0 unspecified atom stereocenters. The first-order chi connectivity index (χ1) is 15.0. The van der Waals surface area contributed by atoms with E-state index >= 15 is 0 Å². The first kappa shape index (κ1) is 22.3. The number of carbonyl (C=O) groups excluding carboxylic acids is 1. The number of hydrogen-bond acceptors (Lipinski definition) is 4. The van der Waals surface area contributed by atoms with E-state index in [1.807, 2.05) is 30.3 Å². The fourth-order valence-electron chi connectivity index (χ4n) is 3.47. The molecule has 0 saturated heterocycles. The van der Waals surface area contributed by atoms with Crippen LogP contribution in [0.25, 0.3) is 10.8 Å². The van der Waals surface area contributed by atoms with Crippen LogP contribution in [0.15, 0.2) is 60.7 Å². The average molecular weight is 421 g/mol. The summed E-state index contributed by atoms with van der Waals surface area (Å²) in [6, 6.07) is 17.8. The van der Waals surface area contributed by atoms with Crippen LogP contribution in [-0.4, -0.2) is 28.7 Å². The molecule has 6 heteroatoms. The molecule has 0 aliphatic rings. The van der Waals surface area contributed by atoms with E-state index < -0.39 is 18.7 Å². The highest BCUT2D eigenvalue weighted by molar-refractivity contribution is 6.13. The molecule has 1 amide bonds. The lowest BCUT2D eigenvalue weighted by molar-refractivity contribution is -0.139. The van der Waals surface area contributed by atoms with E-state index in [1.54, 1.807) is 30.3 Å². The number of ether oxygens (including phenoxy) is 1. The predicted octanol–water partition coefficient (Wildman–Crippen LogP) is 5.17. The maximum atomic E-state index is 12.9. The number of hydrogen-bond donors (Lipinski definition) is 3. The zero-order valence-corrected chi connectivity index (χ0v) is 17.5. The summed E-state index contributed by atoms with van der Waals surface area (Å²) >= 11 is 0. The molecule has 0 radical (unpaired) electrons. The van der Waals surface area contributed by atoms with Crippen molar-refractivity contribution in [2.75, 3.05) is 11.9 Å². The summed E-state index contributed by atoms with van der Waals surface area (Å²) in [7, 11) is 0. The SMILES string of the molecule is CCCCC[C@@H](O)c1ccc2c(C(=O)Nc3cccc(OCC(=O)O)c3)cccc2c1. The molecule has 6 nitrogen and oxygen atoms in total. The van der Waals surface area contributed by atoms with Gasteiger partial charge in [0.2, 0.25) is 0 Å². The second-order valence-electron chi connectivity index (χ2n) is 7.46. The van der Waals surface area contributed by atoms with Gasteiger partial charge in [-0.05, 0) is 47.0 Å². The van der Waals surface area contributed by atoms with Crippen molar-refractivity contribution in [2.24, 2.45) is 0 Å². The summed E-state index contributed by atoms with van der Waals surface area (Å²) in [6.45, 7) is 1.68. The van der Waals surface area contributed by atoms with Crippen LogP contribution in [0.1, 0.15) is 54.6 Å². The Morgan fingerprint density at radius 1 is 1.03 bits per heavy atom. The predicted molar refractivity (Wildman–Crippen MR) is 121 cm³/mol. The number of aliphatic hydroxyl groups is 1. The average Bonchev–Trinajstić information content (AvgIpc) is 2.77. The first-order valence-corrected chi connectivity index (χ1v) is 10.4. The number of nitrogens with one attached hydrogen (secondary N) is 1. The van der Waals surface area contributed by atoms with Crippen LogP contribution in [0.2, 0.25) is 0 Å². The van der Waals surface area contributed by atoms with Gasteiger partial charge in [-0.2, -0.15) is 0 Å². The number of rotatable bonds is 10. The Hall–Kier alpha value is -3.38. The molecule has 31 heavy (non-hydrogen) atoms. The van der Waals surface area contributed by atoms with Gasteiger partial charge in [0.25, 0.3) is 5.91 Å². The molecule has 3 aromatic rings. The highest BCUT2D eigenvalue weighted by Crippen LogP contribution is 2.27. The Bertz CT molecular complexity index is 1060. The highest BCUT2D eigenvalue weighted by Gasteiger charge is 2.13. The molecule has 1 atom stereocenters. The molecule has 0 bridgehead atoms. The molecule has 0 spiro atoms. The normalized spacial score (nSPS) is 11.8. The van der Waals surface area contributed by atoms with Crippen LogP contribution in [0.4, 0.5) is 5.69 Å². The third-order valence-electron chi connectivity index (χ3n) is 5.07. The maximum Gasteiger partial charge on any atom is 0.341 e. The van der Waals surface area contributed by atoms with Gasteiger partial charge in [0.05, 0.1) is 6.10 Å². The number of anilines is 1. The summed E-state index contributed by atoms with van der Waals surface area (Å²) in [6.07, 6.45) is 3.39. The number of amides is 1. The minimum absolute atomic E-state index is 0.280. The summed E-state index contributed by atoms with van der Waals surface area (Å²) in [4.78, 5) is 23.6. The fourth-order valence-corrected chi connectivity index (χ4v) is 3.47. The minimum atomic E-state index is -1.07. The summed E-state index contributed by atoms with van der Waals surface area (Å²) in [5, 5.41) is 23.7. The molecule has 162 valence electrons. The molecule has 3 aromatic carbocycles. The monoisotopic (exact) mass is 421 g/mol. The minimum Gasteiger partial charge on any atom is -0.482 e. The molecule has 0 heterocycles. The molecule has 0 aromatic heterocycles. The second kappa shape index (κ2) is 10.6. The fraction of sp³-hybridized carbons (Fsp3) is 0.280. The Labute approximate surface area is 181 Å². The van der Waals surface area contributed by atoms with Crippen molar-refractivity contribution < 1.29 is 24.5 Å². The number of aliphatic carboxylic acids is 1. The molecular formula is C25H27NO5. The zero-order chi connectivity index (χ0) is 22.2. The molecule has 3 rings (SSSR count). The van der Waals surface area contributed by atoms with Crippen LogP contribution >= 0.6 is 0 Å². The van der Waals surface area contributed by atoms with Crippen molar-refractivity contribution >= 4 is 28.3 Å². The topological polar surface area (TPSA) is 95.9 Å². The van der Waals surface area contributed by atoms with Crippen LogP contribution < -0.4 is 10.1 Å². The molecule has 3 N–H and O–H groups in total. The molecule has 0 fully saturated rings. The summed E-state index contributed by atoms with van der Waals surface area (Å²) in [5.41, 5.74) is 1.87. The number of aliphatic hydroxyl groups excluding tert-OH is 1. The van der Waals surface area contributed by atoms with E-state index in [1.165, 1.54) is 0 Å². The molecule has 0 aliphatic heterocycles. The van der Waals surface area contributed by atoms with Crippen molar-refractivity contribution in [3.05, 3.63) is 71.8 Å². The smallest absolute Gasteiger partial charge is 0.341 e. The Balaban J connectivity index is 1.77. The quantitative estimate of drug-likeness (QED) is 0.393. The number of carboxylic acid groups (broad SMARTS) is 1. The van der Waals surface area contributed by atoms with Crippen LogP contribution in [-0.2, 0) is 4.79 Å². The third kappa shape index (κ3) is 6.06. The number of fused-ring (bicyclic) bond motifs is 1. The van der Waals surface area contributed by atoms with Crippen molar-refractivity contribution in [3.8, 4) is 5.75 Å². The van der Waals surface area contributed by atoms with Gasteiger partial charge in [0.15, 0.2) is 6.61 Å². The van der Waals surface area contributed by atoms with Crippen LogP contribution in [0.3, 0.4) is 0 Å². The Morgan fingerprint density at radius 3 is 2.61 bits per heavy atom. The highest BCUT2D eigenvalue weighted by atomic mass is 16.5. The van der Waals surface area contributed by atoms with Crippen LogP contribution in [0.5, 0.6) is 5.75 Å². The van der Waals surface area contributed by atoms with Gasteiger partial charge < -0.3 is 20.3 Å². The zero-order valence-electron chi connectivity index (χ0n) is 17.5. The van der Waals surface area contributed by atoms with E-state index in [0.717, 1.165) is 42.0 Å². The summed E-state index contributed by atoms with van der Waals surface area (Å²) in [5.74, 6) is -0.989. The molecular weight excluding hydrogens is 394 g/mol. The number of benzene rings is 3. The lowest BCUT2D eigenvalue weighted by atomic mass is 9.97. The van der Waals surface area contributed by atoms with Gasteiger partial charge in [0, 0.05) is 17.3 Å². The molecule has 0 saturated carbocycles. The van der Waals surface area contributed by atoms with E-state index in [0.29, 0.717) is 17.0 Å². The number of carbonyl (C=O) groups is 2. The Kier molecular flexibility index (Phi) is 7.62. The van der Waals surface area contributed by atoms with Crippen molar-refractivity contribution in [1.29, 1.82) is 0 Å². The van der Waals surface area contributed by atoms with Gasteiger partial charge in [-0.3, -0.25) is 4.79 Å². The van der Waals surface area contributed by atoms with Gasteiger partial charge in [-0.1, -0.05) is 56.5 Å². The van der Waals surface area contributed by atoms with E-state index in [-0.39, 0.29) is 5.91 Å². The standard InChI is InChI=1S/C25H27NO5/c1-2-3-4-11-23(27)18-12-13-21-17(14-18)7-5-10-22(21)25(30)26-19-8-6-9-20(15-19)31-16-24(28)29/h5-10,12-15,23,27H,2-4,11,16H2,1H3,(H,26,30)(H,28,29)/t23-/m1/s1. The van der Waals surface area contributed by atoms with E-state index in [2.05, 4.69) is 12.2 Å². The van der Waals surface area contributed by atoms with E-state index in [4.69, 9.17) is 9.84 Å². The van der Waals surface area contributed by atoms with Gasteiger partial charge in [0.1, 0.15) is 5.75 Å². The van der Waals surface area contributed by atoms with Crippen LogP contribution in [0, 0.1) is 0 Å². The second-order valence-corrected chi connectivity index (χ2v) is 7.46. The Morgan fingerprint density at radius 2 is 1.84 bits per heavy atom. The summed E-state index contributed by atoms with van der Waals surface area (Å²) < 4.78 is 5.16. The van der Waals surface area contributed by atoms with Gasteiger partial charge in [-0.25, -0.2) is 4.79 Å².